The van der Waals surface area contributed by atoms with Gasteiger partial charge >= 0.3 is 11.9 Å². The molecule has 1 aromatic carbocycles. The normalized spacial score (nSPS) is 17.0. The highest BCUT2D eigenvalue weighted by Crippen LogP contribution is 2.31. The molecule has 0 radical (unpaired) electrons. The lowest BCUT2D eigenvalue weighted by Crippen LogP contribution is -2.39. The molecule has 2 heterocycles. The van der Waals surface area contributed by atoms with Gasteiger partial charge in [-0.15, -0.1) is 0 Å². The molecule has 1 fully saturated rings. The Morgan fingerprint density at radius 1 is 1.04 bits per heavy atom. The van der Waals surface area contributed by atoms with E-state index in [4.69, 9.17) is 14.2 Å². The Kier molecular flexibility index (Phi) is 5.99. The molecule has 2 aliphatic rings. The number of methoxy groups -OCH3 is 2. The van der Waals surface area contributed by atoms with E-state index in [9.17, 15) is 14.4 Å². The second-order valence-corrected chi connectivity index (χ2v) is 6.66. The minimum atomic E-state index is -0.667. The van der Waals surface area contributed by atoms with Gasteiger partial charge in [0.1, 0.15) is 12.4 Å². The fourth-order valence-electron chi connectivity index (χ4n) is 3.57. The minimum absolute atomic E-state index is 0.0356. The van der Waals surface area contributed by atoms with Crippen LogP contribution >= 0.6 is 0 Å². The van der Waals surface area contributed by atoms with Gasteiger partial charge in [0.05, 0.1) is 26.4 Å². The Hall–Kier alpha value is -2.87. The van der Waals surface area contributed by atoms with Crippen LogP contribution in [0.25, 0.3) is 0 Å². The molecule has 1 amide bonds. The largest absolute Gasteiger partial charge is 0.466 e. The molecular weight excluding hydrogens is 364 g/mol. The summed E-state index contributed by atoms with van der Waals surface area (Å²) in [6, 6.07) is 5.31. The number of esters is 2. The van der Waals surface area contributed by atoms with E-state index in [0.29, 0.717) is 16.8 Å². The van der Waals surface area contributed by atoms with Crippen molar-refractivity contribution in [2.75, 3.05) is 45.5 Å². The van der Waals surface area contributed by atoms with E-state index in [0.717, 1.165) is 25.9 Å². The second kappa shape index (κ2) is 8.43. The van der Waals surface area contributed by atoms with Gasteiger partial charge in [-0.25, -0.2) is 9.59 Å². The molecular formula is C20H24N2O6. The van der Waals surface area contributed by atoms with Crippen LogP contribution in [0, 0.1) is 6.92 Å². The standard InChI is InChI=1S/C20H24N2O6/c1-13-14(18(23)21-9-4-5-10-21)7-6-8-16(13)22-12-28-11-15(19(24)26-2)17(22)20(25)27-3/h6-8H,4-5,9-12H2,1-3H3. The SMILES string of the molecule is COC(=O)C1=C(C(=O)OC)N(c2cccc(C(=O)N3CCCC3)c2C)COC1. The molecule has 0 bridgehead atoms. The average Bonchev–Trinajstić information content (AvgIpc) is 3.26. The Morgan fingerprint density at radius 2 is 1.71 bits per heavy atom. The molecule has 0 aliphatic carbocycles. The average molecular weight is 388 g/mol. The molecule has 3 rings (SSSR count). The Labute approximate surface area is 163 Å². The summed E-state index contributed by atoms with van der Waals surface area (Å²) in [7, 11) is 2.49. The second-order valence-electron chi connectivity index (χ2n) is 6.66. The number of hydrogen-bond donors (Lipinski definition) is 0. The number of carbonyl (C=O) groups excluding carboxylic acids is 3. The number of hydrogen-bond acceptors (Lipinski definition) is 7. The molecule has 8 heteroatoms. The van der Waals surface area contributed by atoms with E-state index in [-0.39, 0.29) is 30.5 Å². The fourth-order valence-corrected chi connectivity index (χ4v) is 3.57. The van der Waals surface area contributed by atoms with Crippen molar-refractivity contribution in [1.29, 1.82) is 0 Å². The third-order valence-corrected chi connectivity index (χ3v) is 5.05. The molecule has 1 aromatic rings. The Balaban J connectivity index is 2.06. The minimum Gasteiger partial charge on any atom is -0.466 e. The van der Waals surface area contributed by atoms with Crippen LogP contribution in [-0.2, 0) is 23.8 Å². The molecule has 0 saturated carbocycles. The third-order valence-electron chi connectivity index (χ3n) is 5.05. The van der Waals surface area contributed by atoms with Gasteiger partial charge in [-0.2, -0.15) is 0 Å². The first-order valence-corrected chi connectivity index (χ1v) is 9.13. The number of nitrogens with zero attached hydrogens (tertiary/aromatic N) is 2. The van der Waals surface area contributed by atoms with Crippen molar-refractivity contribution in [2.24, 2.45) is 0 Å². The quantitative estimate of drug-likeness (QED) is 0.725. The maximum Gasteiger partial charge on any atom is 0.355 e. The number of anilines is 1. The number of rotatable bonds is 4. The van der Waals surface area contributed by atoms with Gasteiger partial charge in [-0.05, 0) is 37.5 Å². The van der Waals surface area contributed by atoms with Crippen LogP contribution in [0.4, 0.5) is 5.69 Å². The fraction of sp³-hybridized carbons (Fsp3) is 0.450. The zero-order valence-electron chi connectivity index (χ0n) is 16.3. The van der Waals surface area contributed by atoms with Gasteiger partial charge in [-0.1, -0.05) is 6.07 Å². The summed E-state index contributed by atoms with van der Waals surface area (Å²) in [5, 5.41) is 0. The smallest absolute Gasteiger partial charge is 0.355 e. The molecule has 0 unspecified atom stereocenters. The zero-order chi connectivity index (χ0) is 20.3. The van der Waals surface area contributed by atoms with E-state index >= 15 is 0 Å². The number of ether oxygens (including phenoxy) is 3. The van der Waals surface area contributed by atoms with Gasteiger partial charge < -0.3 is 24.0 Å². The molecule has 2 aliphatic heterocycles. The van der Waals surface area contributed by atoms with Gasteiger partial charge in [0.2, 0.25) is 0 Å². The van der Waals surface area contributed by atoms with Crippen molar-refractivity contribution < 1.29 is 28.6 Å². The molecule has 0 aromatic heterocycles. The van der Waals surface area contributed by atoms with Crippen molar-refractivity contribution in [3.63, 3.8) is 0 Å². The number of carbonyl (C=O) groups is 3. The summed E-state index contributed by atoms with van der Waals surface area (Å²) in [6.07, 6.45) is 2.00. The Bertz CT molecular complexity index is 826. The molecule has 8 nitrogen and oxygen atoms in total. The first kappa shape index (κ1) is 19.9. The maximum absolute atomic E-state index is 12.9. The lowest BCUT2D eigenvalue weighted by molar-refractivity contribution is -0.140. The van der Waals surface area contributed by atoms with Crippen molar-refractivity contribution in [2.45, 2.75) is 19.8 Å². The molecule has 28 heavy (non-hydrogen) atoms. The lowest BCUT2D eigenvalue weighted by atomic mass is 10.0. The summed E-state index contributed by atoms with van der Waals surface area (Å²) in [6.45, 7) is 3.30. The number of likely N-dealkylation sites (tertiary alicyclic amines) is 1. The summed E-state index contributed by atoms with van der Waals surface area (Å²) in [5.74, 6) is -1.36. The van der Waals surface area contributed by atoms with Crippen LogP contribution in [0.5, 0.6) is 0 Å². The highest BCUT2D eigenvalue weighted by molar-refractivity contribution is 6.04. The lowest BCUT2D eigenvalue weighted by Gasteiger charge is -2.32. The zero-order valence-corrected chi connectivity index (χ0v) is 16.3. The van der Waals surface area contributed by atoms with Crippen molar-refractivity contribution in [1.82, 2.24) is 4.90 Å². The monoisotopic (exact) mass is 388 g/mol. The predicted octanol–water partition coefficient (Wildman–Crippen LogP) is 1.63. The van der Waals surface area contributed by atoms with Crippen LogP contribution in [0.15, 0.2) is 29.5 Å². The predicted molar refractivity (Wildman–Crippen MR) is 101 cm³/mol. The van der Waals surface area contributed by atoms with Gasteiger partial charge in [0.15, 0.2) is 0 Å². The van der Waals surface area contributed by atoms with Gasteiger partial charge in [0.25, 0.3) is 5.91 Å². The molecule has 1 saturated heterocycles. The molecule has 0 N–H and O–H groups in total. The van der Waals surface area contributed by atoms with E-state index in [1.165, 1.54) is 14.2 Å². The van der Waals surface area contributed by atoms with Crippen LogP contribution in [0.2, 0.25) is 0 Å². The topological polar surface area (TPSA) is 85.4 Å². The Morgan fingerprint density at radius 3 is 2.36 bits per heavy atom. The molecule has 0 spiro atoms. The van der Waals surface area contributed by atoms with Crippen LogP contribution in [0.1, 0.15) is 28.8 Å². The summed E-state index contributed by atoms with van der Waals surface area (Å²) < 4.78 is 15.2. The van der Waals surface area contributed by atoms with Gasteiger partial charge in [0, 0.05) is 24.3 Å². The van der Waals surface area contributed by atoms with E-state index in [1.807, 2.05) is 11.8 Å². The van der Waals surface area contributed by atoms with E-state index in [1.54, 1.807) is 23.1 Å². The van der Waals surface area contributed by atoms with Crippen molar-refractivity contribution in [3.8, 4) is 0 Å². The van der Waals surface area contributed by atoms with Crippen molar-refractivity contribution in [3.05, 3.63) is 40.6 Å². The van der Waals surface area contributed by atoms with Crippen LogP contribution < -0.4 is 4.90 Å². The van der Waals surface area contributed by atoms with Crippen molar-refractivity contribution >= 4 is 23.5 Å². The molecule has 0 atom stereocenters. The first-order valence-electron chi connectivity index (χ1n) is 9.13. The van der Waals surface area contributed by atoms with Gasteiger partial charge in [-0.3, -0.25) is 4.79 Å². The maximum atomic E-state index is 12.9. The number of amides is 1. The summed E-state index contributed by atoms with van der Waals surface area (Å²) in [5.41, 5.74) is 2.02. The van der Waals surface area contributed by atoms with E-state index in [2.05, 4.69) is 0 Å². The summed E-state index contributed by atoms with van der Waals surface area (Å²) >= 11 is 0. The highest BCUT2D eigenvalue weighted by Gasteiger charge is 2.33. The van der Waals surface area contributed by atoms with Crippen LogP contribution in [-0.4, -0.2) is 63.4 Å². The third kappa shape index (κ3) is 3.60. The first-order chi connectivity index (χ1) is 13.5. The molecule has 150 valence electrons. The summed E-state index contributed by atoms with van der Waals surface area (Å²) in [4.78, 5) is 40.9. The number of benzene rings is 1. The van der Waals surface area contributed by atoms with E-state index < -0.39 is 11.9 Å². The van der Waals surface area contributed by atoms with Crippen LogP contribution in [0.3, 0.4) is 0 Å². The highest BCUT2D eigenvalue weighted by atomic mass is 16.5.